The molecule has 29 heavy (non-hydrogen) atoms. The van der Waals surface area contributed by atoms with Crippen molar-refractivity contribution in [1.29, 1.82) is 0 Å². The van der Waals surface area contributed by atoms with Crippen LogP contribution in [0.15, 0.2) is 62.9 Å². The number of sulfonamides is 1. The Bertz CT molecular complexity index is 1180. The molecule has 2 aromatic rings. The van der Waals surface area contributed by atoms with Crippen molar-refractivity contribution in [2.24, 2.45) is 4.40 Å². The first-order valence-electron chi connectivity index (χ1n) is 8.46. The first kappa shape index (κ1) is 20.8. The van der Waals surface area contributed by atoms with Crippen LogP contribution < -0.4 is 4.74 Å². The molecule has 0 saturated carbocycles. The van der Waals surface area contributed by atoms with Crippen LogP contribution in [-0.2, 0) is 10.0 Å². The van der Waals surface area contributed by atoms with Crippen LogP contribution in [0, 0.1) is 6.92 Å². The average molecular weight is 433 g/mol. The van der Waals surface area contributed by atoms with Gasteiger partial charge in [-0.25, -0.2) is 4.79 Å². The average Bonchev–Trinajstić information content (AvgIpc) is 2.65. The van der Waals surface area contributed by atoms with Gasteiger partial charge in [-0.3, -0.25) is 4.79 Å². The van der Waals surface area contributed by atoms with E-state index in [1.165, 1.54) is 49.3 Å². The second kappa shape index (κ2) is 7.81. The van der Waals surface area contributed by atoms with Crippen LogP contribution in [0.2, 0.25) is 0 Å². The maximum absolute atomic E-state index is 12.8. The highest BCUT2D eigenvalue weighted by atomic mass is 35.5. The number of amides is 1. The number of fused-ring (bicyclic) bond motifs is 1. The second-order valence-electron chi connectivity index (χ2n) is 6.51. The lowest BCUT2D eigenvalue weighted by molar-refractivity contribution is 0.104. The quantitative estimate of drug-likeness (QED) is 0.739. The molecule has 7 nitrogen and oxygen atoms in total. The molecule has 0 N–H and O–H groups in total. The third kappa shape index (κ3) is 4.23. The Hall–Kier alpha value is -2.97. The van der Waals surface area contributed by atoms with Crippen molar-refractivity contribution in [3.63, 3.8) is 0 Å². The van der Waals surface area contributed by atoms with Crippen LogP contribution in [-0.4, -0.2) is 45.0 Å². The Balaban J connectivity index is 2.09. The molecule has 0 atom stereocenters. The van der Waals surface area contributed by atoms with Crippen LogP contribution in [0.4, 0.5) is 4.79 Å². The standard InChI is InChI=1S/C20H17ClN2O5S/c1-12-6-4-5-7-18(12)29(26,27)22-17-11-16(21)19(24)15-10-13(8-9-14(15)17)28-20(25)23(2)3/h4-11H,1-3H3. The number of ether oxygens (including phenoxy) is 1. The number of hydrogen-bond acceptors (Lipinski definition) is 5. The monoisotopic (exact) mass is 432 g/mol. The zero-order valence-corrected chi connectivity index (χ0v) is 17.4. The summed E-state index contributed by atoms with van der Waals surface area (Å²) in [6.07, 6.45) is 0.596. The highest BCUT2D eigenvalue weighted by Crippen LogP contribution is 2.29. The third-order valence-electron chi connectivity index (χ3n) is 4.15. The molecule has 1 amide bonds. The molecule has 0 fully saturated rings. The van der Waals surface area contributed by atoms with Gasteiger partial charge in [-0.05, 0) is 42.8 Å². The number of ketones is 1. The Morgan fingerprint density at radius 3 is 2.45 bits per heavy atom. The van der Waals surface area contributed by atoms with E-state index in [4.69, 9.17) is 16.3 Å². The van der Waals surface area contributed by atoms with Crippen molar-refractivity contribution in [3.8, 4) is 5.75 Å². The van der Waals surface area contributed by atoms with Crippen LogP contribution in [0.5, 0.6) is 5.75 Å². The zero-order valence-electron chi connectivity index (χ0n) is 15.8. The minimum atomic E-state index is -4.03. The molecular weight excluding hydrogens is 416 g/mol. The molecule has 0 aliphatic heterocycles. The van der Waals surface area contributed by atoms with E-state index in [-0.39, 0.29) is 32.5 Å². The minimum Gasteiger partial charge on any atom is -0.410 e. The number of allylic oxidation sites excluding steroid dienone is 2. The summed E-state index contributed by atoms with van der Waals surface area (Å²) in [5.74, 6) is -0.389. The summed E-state index contributed by atoms with van der Waals surface area (Å²) in [5.41, 5.74) is 0.949. The van der Waals surface area contributed by atoms with Gasteiger partial charge in [0.2, 0.25) is 5.78 Å². The molecule has 1 aliphatic carbocycles. The largest absolute Gasteiger partial charge is 0.414 e. The summed E-state index contributed by atoms with van der Waals surface area (Å²) in [6, 6.07) is 10.7. The van der Waals surface area contributed by atoms with E-state index in [0.717, 1.165) is 0 Å². The van der Waals surface area contributed by atoms with Gasteiger partial charge in [0, 0.05) is 25.2 Å². The van der Waals surface area contributed by atoms with Crippen molar-refractivity contribution in [2.75, 3.05) is 14.1 Å². The molecule has 0 heterocycles. The van der Waals surface area contributed by atoms with E-state index in [9.17, 15) is 18.0 Å². The summed E-state index contributed by atoms with van der Waals surface area (Å²) in [4.78, 5) is 25.5. The van der Waals surface area contributed by atoms with Gasteiger partial charge >= 0.3 is 6.09 Å². The number of hydrogen-bond donors (Lipinski definition) is 0. The van der Waals surface area contributed by atoms with Crippen LogP contribution in [0.25, 0.3) is 0 Å². The maximum atomic E-state index is 12.8. The van der Waals surface area contributed by atoms with Crippen LogP contribution in [0.3, 0.4) is 0 Å². The van der Waals surface area contributed by atoms with Crippen molar-refractivity contribution in [1.82, 2.24) is 4.90 Å². The van der Waals surface area contributed by atoms with E-state index in [1.54, 1.807) is 25.1 Å². The lowest BCUT2D eigenvalue weighted by Crippen LogP contribution is -2.25. The summed E-state index contributed by atoms with van der Waals surface area (Å²) in [7, 11) is -0.992. The molecular formula is C20H17ClN2O5S. The number of carbonyl (C=O) groups excluding carboxylic acids is 2. The van der Waals surface area contributed by atoms with Gasteiger partial charge in [-0.1, -0.05) is 29.8 Å². The summed E-state index contributed by atoms with van der Waals surface area (Å²) in [5, 5.41) is -0.188. The lowest BCUT2D eigenvalue weighted by Gasteiger charge is -2.17. The first-order valence-corrected chi connectivity index (χ1v) is 10.3. The molecule has 0 unspecified atom stereocenters. The fourth-order valence-electron chi connectivity index (χ4n) is 2.68. The van der Waals surface area contributed by atoms with Gasteiger partial charge in [0.05, 0.1) is 15.6 Å². The molecule has 0 aromatic heterocycles. The van der Waals surface area contributed by atoms with Gasteiger partial charge in [-0.15, -0.1) is 0 Å². The Morgan fingerprint density at radius 2 is 1.79 bits per heavy atom. The summed E-state index contributed by atoms with van der Waals surface area (Å²) >= 11 is 6.02. The molecule has 0 bridgehead atoms. The van der Waals surface area contributed by atoms with Crippen LogP contribution >= 0.6 is 11.6 Å². The maximum Gasteiger partial charge on any atom is 0.414 e. The molecule has 0 spiro atoms. The number of benzene rings is 2. The highest BCUT2D eigenvalue weighted by Gasteiger charge is 2.27. The first-order chi connectivity index (χ1) is 13.6. The molecule has 2 aromatic carbocycles. The predicted octanol–water partition coefficient (Wildman–Crippen LogP) is 3.55. The molecule has 9 heteroatoms. The number of halogens is 1. The summed E-state index contributed by atoms with van der Waals surface area (Å²) < 4.78 is 34.6. The number of nitrogens with zero attached hydrogens (tertiary/aromatic N) is 2. The molecule has 0 radical (unpaired) electrons. The van der Waals surface area contributed by atoms with Gasteiger partial charge in [0.1, 0.15) is 5.75 Å². The van der Waals surface area contributed by atoms with E-state index in [1.807, 2.05) is 0 Å². The number of carbonyl (C=O) groups is 2. The topological polar surface area (TPSA) is 93.1 Å². The van der Waals surface area contributed by atoms with Crippen molar-refractivity contribution in [2.45, 2.75) is 11.8 Å². The smallest absolute Gasteiger partial charge is 0.410 e. The van der Waals surface area contributed by atoms with Crippen molar-refractivity contribution in [3.05, 3.63) is 70.3 Å². The Labute approximate surface area is 173 Å². The molecule has 150 valence electrons. The van der Waals surface area contributed by atoms with Gasteiger partial charge in [-0.2, -0.15) is 12.8 Å². The fourth-order valence-corrected chi connectivity index (χ4v) is 4.12. The lowest BCUT2D eigenvalue weighted by atomic mass is 9.94. The Kier molecular flexibility index (Phi) is 5.59. The van der Waals surface area contributed by atoms with E-state index in [2.05, 4.69) is 4.40 Å². The normalized spacial score (nSPS) is 15.0. The molecule has 1 aliphatic rings. The predicted molar refractivity (Wildman–Crippen MR) is 109 cm³/mol. The zero-order chi connectivity index (χ0) is 21.3. The summed E-state index contributed by atoms with van der Waals surface area (Å²) in [6.45, 7) is 1.67. The van der Waals surface area contributed by atoms with E-state index in [0.29, 0.717) is 5.56 Å². The fraction of sp³-hybridized carbons (Fsp3) is 0.150. The highest BCUT2D eigenvalue weighted by molar-refractivity contribution is 7.90. The van der Waals surface area contributed by atoms with Crippen molar-refractivity contribution < 1.29 is 22.7 Å². The van der Waals surface area contributed by atoms with Gasteiger partial charge in [0.15, 0.2) is 0 Å². The number of Topliss-reactive ketones (excluding diaryl/α,β-unsaturated/α-hetero) is 1. The minimum absolute atomic E-state index is 0.0262. The Morgan fingerprint density at radius 1 is 1.10 bits per heavy atom. The van der Waals surface area contributed by atoms with Gasteiger partial charge in [0.25, 0.3) is 10.0 Å². The third-order valence-corrected chi connectivity index (χ3v) is 5.88. The number of aryl methyl sites for hydroxylation is 1. The van der Waals surface area contributed by atoms with E-state index >= 15 is 0 Å². The number of rotatable bonds is 3. The molecule has 3 rings (SSSR count). The van der Waals surface area contributed by atoms with Gasteiger partial charge < -0.3 is 9.64 Å². The second-order valence-corrected chi connectivity index (χ2v) is 8.49. The van der Waals surface area contributed by atoms with E-state index < -0.39 is 21.9 Å². The van der Waals surface area contributed by atoms with Crippen molar-refractivity contribution >= 4 is 39.2 Å². The SMILES string of the molecule is Cc1ccccc1S(=O)(=O)N=C1C=C(Cl)C(=O)c2cc(OC(=O)N(C)C)ccc21. The molecule has 0 saturated heterocycles. The van der Waals surface area contributed by atoms with Crippen LogP contribution in [0.1, 0.15) is 21.5 Å².